The third-order valence-corrected chi connectivity index (χ3v) is 16.2. The maximum atomic E-state index is 2.93. The van der Waals surface area contributed by atoms with E-state index in [4.69, 9.17) is 0 Å². The molecule has 0 atom stereocenters. The van der Waals surface area contributed by atoms with Gasteiger partial charge in [0.25, 0.3) is 12.6 Å². The van der Waals surface area contributed by atoms with E-state index in [1.54, 1.807) is 0 Å². The number of hydrogen-bond donors (Lipinski definition) is 0. The second-order valence-corrected chi connectivity index (χ2v) is 28.7. The molecular formula is C26H56B2N2P2Sn. The van der Waals surface area contributed by atoms with Crippen molar-refractivity contribution in [3.8, 4) is 0 Å². The molecule has 7 heteroatoms. The normalized spacial score (nSPS) is 28.9. The monoisotopic (exact) mass is 600 g/mol. The first-order valence-corrected chi connectivity index (χ1v) is 18.6. The van der Waals surface area contributed by atoms with Crippen molar-refractivity contribution in [2.24, 2.45) is 0 Å². The Morgan fingerprint density at radius 2 is 0.788 bits per heavy atom. The third kappa shape index (κ3) is 8.35. The molecule has 0 amide bonds. The van der Waals surface area contributed by atoms with Crippen LogP contribution in [-0.4, -0.2) is 65.5 Å². The summed E-state index contributed by atoms with van der Waals surface area (Å²) >= 11 is -0.182. The first kappa shape index (κ1) is 30.9. The van der Waals surface area contributed by atoms with Crippen LogP contribution in [0.2, 0.25) is 6.86 Å². The molecular weight excluding hydrogens is 543 g/mol. The molecule has 2 nitrogen and oxygen atoms in total. The Morgan fingerprint density at radius 1 is 0.545 bits per heavy atom. The van der Waals surface area contributed by atoms with Gasteiger partial charge in [0.15, 0.2) is 0 Å². The molecule has 33 heavy (non-hydrogen) atoms. The van der Waals surface area contributed by atoms with E-state index in [0.29, 0.717) is 29.0 Å². The average molecular weight is 599 g/mol. The van der Waals surface area contributed by atoms with Crippen LogP contribution in [0.3, 0.4) is 0 Å². The summed E-state index contributed by atoms with van der Waals surface area (Å²) in [5.41, 5.74) is 1.52. The second-order valence-electron chi connectivity index (χ2n) is 15.5. The molecule has 0 aromatic carbocycles. The van der Waals surface area contributed by atoms with E-state index in [1.807, 2.05) is 0 Å². The van der Waals surface area contributed by atoms with E-state index in [-0.39, 0.29) is 21.1 Å². The molecule has 3 aliphatic heterocycles. The Morgan fingerprint density at radius 3 is 0.970 bits per heavy atom. The summed E-state index contributed by atoms with van der Waals surface area (Å²) in [5.74, 6) is 0. The van der Waals surface area contributed by atoms with Crippen LogP contribution < -0.4 is 0 Å². The van der Waals surface area contributed by atoms with Gasteiger partial charge in [-0.3, -0.25) is 0 Å². The van der Waals surface area contributed by atoms with Gasteiger partial charge in [-0.25, -0.2) is 0 Å². The van der Waals surface area contributed by atoms with E-state index in [2.05, 4.69) is 107 Å². The van der Waals surface area contributed by atoms with E-state index >= 15 is 0 Å². The molecule has 0 spiro atoms. The van der Waals surface area contributed by atoms with E-state index in [0.717, 1.165) is 29.2 Å². The Balaban J connectivity index is 0.000000365. The van der Waals surface area contributed by atoms with Gasteiger partial charge in [-0.05, 0) is 93.9 Å². The Hall–Kier alpha value is 1.71. The molecule has 0 bridgehead atoms. The van der Waals surface area contributed by atoms with Crippen molar-refractivity contribution in [2.75, 3.05) is 0 Å². The molecule has 0 saturated carbocycles. The molecule has 3 aliphatic rings. The molecule has 0 aliphatic carbocycles. The molecule has 3 fully saturated rings. The van der Waals surface area contributed by atoms with Gasteiger partial charge in [-0.1, -0.05) is 0 Å². The Labute approximate surface area is 223 Å². The van der Waals surface area contributed by atoms with Crippen LogP contribution >= 0.6 is 16.7 Å². The van der Waals surface area contributed by atoms with Crippen LogP contribution in [0, 0.1) is 0 Å². The van der Waals surface area contributed by atoms with Crippen molar-refractivity contribution in [1.82, 2.24) is 9.62 Å². The van der Waals surface area contributed by atoms with Crippen LogP contribution in [-0.2, 0) is 0 Å². The van der Waals surface area contributed by atoms with Crippen LogP contribution in [0.5, 0.6) is 0 Å². The second kappa shape index (κ2) is 10.5. The molecule has 3 rings (SSSR count). The Kier molecular flexibility index (Phi) is 9.81. The molecule has 3 saturated heterocycles. The van der Waals surface area contributed by atoms with Crippen LogP contribution in [0.4, 0.5) is 0 Å². The van der Waals surface area contributed by atoms with Gasteiger partial charge in [0.05, 0.1) is 0 Å². The Bertz CT molecular complexity index is 576. The number of nitrogens with zero attached hydrogens (tertiary/aromatic N) is 2. The van der Waals surface area contributed by atoms with Crippen molar-refractivity contribution in [1.29, 1.82) is 0 Å². The van der Waals surface area contributed by atoms with Crippen molar-refractivity contribution in [3.05, 3.63) is 0 Å². The van der Waals surface area contributed by atoms with Crippen molar-refractivity contribution in [3.63, 3.8) is 0 Å². The molecule has 3 heterocycles. The quantitative estimate of drug-likeness (QED) is 0.232. The number of hydrogen-bond acceptors (Lipinski definition) is 2. The topological polar surface area (TPSA) is 6.48 Å². The first-order valence-electron chi connectivity index (χ1n) is 13.5. The summed E-state index contributed by atoms with van der Waals surface area (Å²) in [4.78, 5) is 5.86. The zero-order valence-electron chi connectivity index (χ0n) is 24.8. The standard InChI is InChI=1S/C18H38B2N2P2.2C4H9.Sn/c1-15(2)11-9-12-16(3,4)21(15)19-23-20(24-19)22-17(5,6)13-10-14-18(22,7)8;2*1-4(2)3;/h23-24H,9-14H2,1-8H3;2*1-3H3;. The number of piperidine rings is 2. The first-order chi connectivity index (χ1) is 14.6. The third-order valence-electron chi connectivity index (χ3n) is 7.66. The summed E-state index contributed by atoms with van der Waals surface area (Å²) in [6.07, 6.45) is 9.94. The molecule has 0 N–H and O–H groups in total. The van der Waals surface area contributed by atoms with Crippen LogP contribution in [0.1, 0.15) is 135 Å². The molecule has 2 radical (unpaired) electrons. The van der Waals surface area contributed by atoms with Gasteiger partial charge >= 0.3 is 69.5 Å². The van der Waals surface area contributed by atoms with Gasteiger partial charge in [0.2, 0.25) is 0 Å². The van der Waals surface area contributed by atoms with E-state index in [9.17, 15) is 0 Å². The predicted molar refractivity (Wildman–Crippen MR) is 161 cm³/mol. The van der Waals surface area contributed by atoms with Crippen molar-refractivity contribution in [2.45, 2.75) is 164 Å². The maximum absolute atomic E-state index is 2.93. The average Bonchev–Trinajstić information content (AvgIpc) is 2.45. The fourth-order valence-corrected chi connectivity index (χ4v) is 19.0. The molecule has 190 valence electrons. The fraction of sp³-hybridized carbons (Fsp3) is 1.00. The summed E-state index contributed by atoms with van der Waals surface area (Å²) in [6.45, 7) is 34.1. The molecule has 0 unspecified atom stereocenters. The van der Waals surface area contributed by atoms with E-state index in [1.165, 1.54) is 38.5 Å². The zero-order valence-corrected chi connectivity index (χ0v) is 29.6. The van der Waals surface area contributed by atoms with E-state index < -0.39 is 0 Å². The van der Waals surface area contributed by atoms with Crippen molar-refractivity contribution < 1.29 is 0 Å². The van der Waals surface area contributed by atoms with Gasteiger partial charge in [0.1, 0.15) is 0 Å². The molecule has 0 aromatic heterocycles. The SMILES string of the molecule is CC1(C)CCCC(C)(C)N1B1PB(N2C(C)(C)CCCC2(C)C)P1.C[C](C)(C)[Sn][C](C)(C)C. The summed E-state index contributed by atoms with van der Waals surface area (Å²) in [7, 11) is 2.19. The fourth-order valence-electron chi connectivity index (χ4n) is 7.15. The predicted octanol–water partition coefficient (Wildman–Crippen LogP) is 8.54. The van der Waals surface area contributed by atoms with Crippen molar-refractivity contribution >= 4 is 50.4 Å². The zero-order chi connectivity index (χ0) is 25.7. The summed E-state index contributed by atoms with van der Waals surface area (Å²) < 4.78 is 1.31. The minimum atomic E-state index is -0.182. The molecule has 0 aromatic rings. The number of rotatable bonds is 2. The van der Waals surface area contributed by atoms with Crippen LogP contribution in [0.25, 0.3) is 0 Å². The van der Waals surface area contributed by atoms with Gasteiger partial charge in [-0.15, -0.1) is 16.7 Å². The van der Waals surface area contributed by atoms with Crippen LogP contribution in [0.15, 0.2) is 0 Å². The van der Waals surface area contributed by atoms with Gasteiger partial charge in [-0.2, -0.15) is 0 Å². The van der Waals surface area contributed by atoms with Gasteiger partial charge < -0.3 is 9.62 Å². The minimum absolute atomic E-state index is 0.182. The summed E-state index contributed by atoms with van der Waals surface area (Å²) in [5, 5.41) is 0. The summed E-state index contributed by atoms with van der Waals surface area (Å²) in [6, 6.07) is 0. The van der Waals surface area contributed by atoms with Gasteiger partial charge in [0, 0.05) is 22.2 Å².